The van der Waals surface area contributed by atoms with Gasteiger partial charge < -0.3 is 10.2 Å². The Morgan fingerprint density at radius 1 is 1.27 bits per heavy atom. The molecule has 2 fully saturated rings. The van der Waals surface area contributed by atoms with Gasteiger partial charge in [0.2, 0.25) is 0 Å². The van der Waals surface area contributed by atoms with Gasteiger partial charge in [-0.1, -0.05) is 12.1 Å². The molecule has 1 aliphatic heterocycles. The molecule has 3 nitrogen and oxygen atoms in total. The second kappa shape index (κ2) is 8.13. The second-order valence-electron chi connectivity index (χ2n) is 6.25. The van der Waals surface area contributed by atoms with Gasteiger partial charge in [-0.25, -0.2) is 4.39 Å². The summed E-state index contributed by atoms with van der Waals surface area (Å²) in [6.07, 6.45) is 6.08. The lowest BCUT2D eigenvalue weighted by atomic mass is 9.93. The van der Waals surface area contributed by atoms with E-state index >= 15 is 0 Å². The first-order valence-corrected chi connectivity index (χ1v) is 7.97. The molecule has 0 aromatic heterocycles. The minimum atomic E-state index is -0.156. The average Bonchev–Trinajstić information content (AvgIpc) is 2.89. The van der Waals surface area contributed by atoms with Crippen molar-refractivity contribution in [1.29, 1.82) is 0 Å². The maximum Gasteiger partial charge on any atom is 0.193 e. The molecule has 3 rings (SSSR count). The summed E-state index contributed by atoms with van der Waals surface area (Å²) in [5.41, 5.74) is 1.23. The molecule has 1 saturated heterocycles. The van der Waals surface area contributed by atoms with E-state index in [9.17, 15) is 4.39 Å². The molecule has 0 spiro atoms. The number of nitrogens with one attached hydrogen (secondary N) is 1. The van der Waals surface area contributed by atoms with E-state index in [1.165, 1.54) is 31.2 Å². The molecule has 1 aromatic carbocycles. The van der Waals surface area contributed by atoms with Crippen molar-refractivity contribution in [3.05, 3.63) is 35.6 Å². The topological polar surface area (TPSA) is 27.6 Å². The monoisotopic (exact) mass is 417 g/mol. The van der Waals surface area contributed by atoms with Gasteiger partial charge in [0.25, 0.3) is 0 Å². The van der Waals surface area contributed by atoms with Crippen LogP contribution in [0.1, 0.15) is 31.2 Å². The van der Waals surface area contributed by atoms with Crippen LogP contribution in [0.25, 0.3) is 0 Å². The van der Waals surface area contributed by atoms with Crippen molar-refractivity contribution in [1.82, 2.24) is 10.2 Å². The average molecular weight is 417 g/mol. The molecule has 1 heterocycles. The fourth-order valence-corrected chi connectivity index (χ4v) is 3.18. The molecule has 1 unspecified atom stereocenters. The number of benzene rings is 1. The summed E-state index contributed by atoms with van der Waals surface area (Å²) in [5, 5.41) is 3.56. The molecule has 1 saturated carbocycles. The molecule has 1 N–H and O–H groups in total. The van der Waals surface area contributed by atoms with Crippen LogP contribution in [0.2, 0.25) is 0 Å². The predicted octanol–water partition coefficient (Wildman–Crippen LogP) is 3.44. The van der Waals surface area contributed by atoms with Gasteiger partial charge in [0.1, 0.15) is 5.82 Å². The highest BCUT2D eigenvalue weighted by Crippen LogP contribution is 2.23. The third-order valence-corrected chi connectivity index (χ3v) is 4.67. The zero-order valence-electron chi connectivity index (χ0n) is 13.1. The van der Waals surface area contributed by atoms with Gasteiger partial charge in [-0.3, -0.25) is 4.99 Å². The number of hydrogen-bond acceptors (Lipinski definition) is 1. The first kappa shape index (κ1) is 17.5. The van der Waals surface area contributed by atoms with Crippen molar-refractivity contribution in [3.63, 3.8) is 0 Å². The van der Waals surface area contributed by atoms with E-state index in [1.807, 2.05) is 19.2 Å². The number of halogens is 2. The molecule has 1 aromatic rings. The highest BCUT2D eigenvalue weighted by Gasteiger charge is 2.27. The van der Waals surface area contributed by atoms with Gasteiger partial charge >= 0.3 is 0 Å². The van der Waals surface area contributed by atoms with E-state index in [0.29, 0.717) is 12.0 Å². The largest absolute Gasteiger partial charge is 0.354 e. The lowest BCUT2D eigenvalue weighted by Crippen LogP contribution is -2.47. The van der Waals surface area contributed by atoms with E-state index in [2.05, 4.69) is 15.2 Å². The Balaban J connectivity index is 0.00000176. The summed E-state index contributed by atoms with van der Waals surface area (Å²) >= 11 is 0. The van der Waals surface area contributed by atoms with E-state index in [4.69, 9.17) is 0 Å². The summed E-state index contributed by atoms with van der Waals surface area (Å²) in [6, 6.07) is 7.54. The smallest absolute Gasteiger partial charge is 0.193 e. The number of nitrogens with zero attached hydrogens (tertiary/aromatic N) is 2. The first-order valence-electron chi connectivity index (χ1n) is 7.97. The molecule has 2 aliphatic rings. The summed E-state index contributed by atoms with van der Waals surface area (Å²) in [4.78, 5) is 6.79. The Bertz CT molecular complexity index is 499. The van der Waals surface area contributed by atoms with Crippen molar-refractivity contribution < 1.29 is 4.39 Å². The molecule has 1 atom stereocenters. The fraction of sp³-hybridized carbons (Fsp3) is 0.588. The molecule has 0 radical (unpaired) electrons. The van der Waals surface area contributed by atoms with Crippen molar-refractivity contribution >= 4 is 29.9 Å². The van der Waals surface area contributed by atoms with Crippen molar-refractivity contribution in [2.45, 2.75) is 38.1 Å². The molecule has 5 heteroatoms. The highest BCUT2D eigenvalue weighted by molar-refractivity contribution is 14.0. The standard InChI is InChI=1S/C17H24FN3.HI/c1-19-17(20-16-3-2-4-16)21-10-9-14(12-21)11-13-5-7-15(18)8-6-13;/h5-8,14,16H,2-4,9-12H2,1H3,(H,19,20);1H. The van der Waals surface area contributed by atoms with Gasteiger partial charge in [0, 0.05) is 26.2 Å². The van der Waals surface area contributed by atoms with Gasteiger partial charge in [0.05, 0.1) is 0 Å². The van der Waals surface area contributed by atoms with Gasteiger partial charge in [0.15, 0.2) is 5.96 Å². The number of likely N-dealkylation sites (tertiary alicyclic amines) is 1. The van der Waals surface area contributed by atoms with Crippen LogP contribution in [-0.4, -0.2) is 37.0 Å². The Morgan fingerprint density at radius 2 is 2.00 bits per heavy atom. The van der Waals surface area contributed by atoms with Crippen LogP contribution < -0.4 is 5.32 Å². The summed E-state index contributed by atoms with van der Waals surface area (Å²) in [7, 11) is 1.87. The zero-order valence-corrected chi connectivity index (χ0v) is 15.4. The minimum Gasteiger partial charge on any atom is -0.354 e. The lowest BCUT2D eigenvalue weighted by Gasteiger charge is -2.31. The quantitative estimate of drug-likeness (QED) is 0.464. The van der Waals surface area contributed by atoms with Gasteiger partial charge in [-0.15, -0.1) is 24.0 Å². The Morgan fingerprint density at radius 3 is 2.59 bits per heavy atom. The molecule has 0 amide bonds. The predicted molar refractivity (Wildman–Crippen MR) is 99.3 cm³/mol. The molecule has 0 bridgehead atoms. The van der Waals surface area contributed by atoms with E-state index in [1.54, 1.807) is 12.1 Å². The fourth-order valence-electron chi connectivity index (χ4n) is 3.18. The van der Waals surface area contributed by atoms with Gasteiger partial charge in [-0.05, 0) is 55.7 Å². The maximum absolute atomic E-state index is 12.9. The van der Waals surface area contributed by atoms with Crippen LogP contribution >= 0.6 is 24.0 Å². The van der Waals surface area contributed by atoms with Gasteiger partial charge in [-0.2, -0.15) is 0 Å². The van der Waals surface area contributed by atoms with E-state index in [-0.39, 0.29) is 29.8 Å². The molecular weight excluding hydrogens is 392 g/mol. The van der Waals surface area contributed by atoms with E-state index < -0.39 is 0 Å². The van der Waals surface area contributed by atoms with E-state index in [0.717, 1.165) is 25.5 Å². The summed E-state index contributed by atoms with van der Waals surface area (Å²) < 4.78 is 12.9. The van der Waals surface area contributed by atoms with Crippen LogP contribution in [-0.2, 0) is 6.42 Å². The van der Waals surface area contributed by atoms with Crippen LogP contribution in [0, 0.1) is 11.7 Å². The third-order valence-electron chi connectivity index (χ3n) is 4.67. The second-order valence-corrected chi connectivity index (χ2v) is 6.25. The van der Waals surface area contributed by atoms with Crippen LogP contribution in [0.3, 0.4) is 0 Å². The number of guanidine groups is 1. The normalized spacial score (nSPS) is 22.2. The minimum absolute atomic E-state index is 0. The van der Waals surface area contributed by atoms with Crippen molar-refractivity contribution in [3.8, 4) is 0 Å². The highest BCUT2D eigenvalue weighted by atomic mass is 127. The Labute approximate surface area is 149 Å². The first-order chi connectivity index (χ1) is 10.2. The SMILES string of the molecule is CN=C(NC1CCC1)N1CCC(Cc2ccc(F)cc2)C1.I. The molecule has 22 heavy (non-hydrogen) atoms. The van der Waals surface area contributed by atoms with Crippen LogP contribution in [0.15, 0.2) is 29.3 Å². The lowest BCUT2D eigenvalue weighted by molar-refractivity contribution is 0.359. The third kappa shape index (κ3) is 4.33. The number of hydrogen-bond donors (Lipinski definition) is 1. The van der Waals surface area contributed by atoms with Crippen LogP contribution in [0.5, 0.6) is 0 Å². The molecule has 1 aliphatic carbocycles. The number of rotatable bonds is 3. The molecular formula is C17H25FIN3. The maximum atomic E-state index is 12.9. The zero-order chi connectivity index (χ0) is 14.7. The van der Waals surface area contributed by atoms with Crippen LogP contribution in [0.4, 0.5) is 4.39 Å². The van der Waals surface area contributed by atoms with Crippen molar-refractivity contribution in [2.24, 2.45) is 10.9 Å². The summed E-state index contributed by atoms with van der Waals surface area (Å²) in [5.74, 6) is 1.54. The number of aliphatic imine (C=N–C) groups is 1. The van der Waals surface area contributed by atoms with Crippen molar-refractivity contribution in [2.75, 3.05) is 20.1 Å². The summed E-state index contributed by atoms with van der Waals surface area (Å²) in [6.45, 7) is 2.11. The Kier molecular flexibility index (Phi) is 6.47. The Hall–Kier alpha value is -0.850. The molecule has 122 valence electrons.